The molecular formula is C28H33NO7. The number of anilines is 1. The maximum atomic E-state index is 13.4. The highest BCUT2D eigenvalue weighted by Crippen LogP contribution is 2.67. The van der Waals surface area contributed by atoms with Crippen molar-refractivity contribution >= 4 is 23.2 Å². The summed E-state index contributed by atoms with van der Waals surface area (Å²) in [7, 11) is 0. The Morgan fingerprint density at radius 1 is 1.22 bits per heavy atom. The second kappa shape index (κ2) is 8.28. The summed E-state index contributed by atoms with van der Waals surface area (Å²) >= 11 is 0. The molecule has 0 unspecified atom stereocenters. The number of rotatable bonds is 4. The van der Waals surface area contributed by atoms with Gasteiger partial charge in [0.05, 0.1) is 6.10 Å². The van der Waals surface area contributed by atoms with Crippen molar-refractivity contribution in [2.24, 2.45) is 28.6 Å². The van der Waals surface area contributed by atoms with Gasteiger partial charge in [0.1, 0.15) is 16.9 Å². The molecule has 0 radical (unpaired) electrons. The predicted octanol–water partition coefficient (Wildman–Crippen LogP) is 2.71. The number of nitrogen functional groups attached to an aromatic ring is 1. The molecule has 0 heterocycles. The van der Waals surface area contributed by atoms with E-state index in [0.717, 1.165) is 18.4 Å². The van der Waals surface area contributed by atoms with E-state index in [2.05, 4.69) is 6.92 Å². The number of ketones is 2. The van der Waals surface area contributed by atoms with E-state index in [4.69, 9.17) is 10.5 Å². The van der Waals surface area contributed by atoms with Crippen molar-refractivity contribution in [1.29, 1.82) is 0 Å². The highest BCUT2D eigenvalue weighted by Gasteiger charge is 2.68. The first kappa shape index (κ1) is 24.7. The van der Waals surface area contributed by atoms with Gasteiger partial charge in [-0.05, 0) is 74.3 Å². The number of carbonyl (C=O) groups excluding carboxylic acids is 3. The molecule has 0 aliphatic heterocycles. The summed E-state index contributed by atoms with van der Waals surface area (Å²) in [6, 6.07) is 3.97. The molecule has 8 heteroatoms. The molecule has 8 nitrogen and oxygen atoms in total. The molecule has 1 aromatic rings. The van der Waals surface area contributed by atoms with Crippen LogP contribution in [0, 0.1) is 28.6 Å². The molecule has 4 aliphatic carbocycles. The molecule has 5 N–H and O–H groups in total. The normalized spacial score (nSPS) is 39.0. The van der Waals surface area contributed by atoms with E-state index in [1.54, 1.807) is 12.2 Å². The number of Topliss-reactive ketones (excluding diaryl/α,β-unsaturated/α-hetero) is 1. The molecule has 192 valence electrons. The molecule has 3 saturated carbocycles. The number of hydrogen-bond acceptors (Lipinski definition) is 8. The van der Waals surface area contributed by atoms with E-state index in [9.17, 15) is 29.7 Å². The summed E-state index contributed by atoms with van der Waals surface area (Å²) in [5.41, 5.74) is 3.76. The Bertz CT molecular complexity index is 1200. The van der Waals surface area contributed by atoms with Crippen molar-refractivity contribution < 1.29 is 34.4 Å². The molecule has 1 aromatic carbocycles. The fourth-order valence-corrected chi connectivity index (χ4v) is 7.83. The highest BCUT2D eigenvalue weighted by molar-refractivity contribution is 6.01. The average molecular weight is 496 g/mol. The van der Waals surface area contributed by atoms with Crippen molar-refractivity contribution in [2.75, 3.05) is 12.3 Å². The Hall–Kier alpha value is -2.97. The molecule has 3 fully saturated rings. The van der Waals surface area contributed by atoms with Gasteiger partial charge in [0.15, 0.2) is 12.4 Å². The Balaban J connectivity index is 1.36. The summed E-state index contributed by atoms with van der Waals surface area (Å²) in [6.45, 7) is 3.29. The number of phenols is 1. The van der Waals surface area contributed by atoms with Gasteiger partial charge in [0.25, 0.3) is 0 Å². The van der Waals surface area contributed by atoms with Gasteiger partial charge in [-0.25, -0.2) is 4.79 Å². The molecule has 0 aromatic heterocycles. The van der Waals surface area contributed by atoms with Crippen LogP contribution in [-0.2, 0) is 14.3 Å². The zero-order chi connectivity index (χ0) is 26.0. The molecular weight excluding hydrogens is 462 g/mol. The monoisotopic (exact) mass is 495 g/mol. The van der Waals surface area contributed by atoms with Crippen LogP contribution in [0.1, 0.15) is 56.3 Å². The van der Waals surface area contributed by atoms with Gasteiger partial charge in [-0.2, -0.15) is 0 Å². The average Bonchev–Trinajstić information content (AvgIpc) is 3.10. The number of ether oxygens (including phenoxy) is 1. The number of nitrogens with two attached hydrogens (primary N) is 1. The van der Waals surface area contributed by atoms with Crippen LogP contribution in [0.25, 0.3) is 0 Å². The Kier molecular flexibility index (Phi) is 5.68. The molecule has 5 rings (SSSR count). The van der Waals surface area contributed by atoms with Gasteiger partial charge >= 0.3 is 5.97 Å². The number of phenolic OH excluding ortho intramolecular Hbond substituents is 1. The topological polar surface area (TPSA) is 147 Å². The summed E-state index contributed by atoms with van der Waals surface area (Å²) in [5.74, 6) is -1.89. The number of carbonyl (C=O) groups is 3. The number of fused-ring (bicyclic) bond motifs is 5. The summed E-state index contributed by atoms with van der Waals surface area (Å²) in [5, 5.41) is 33.1. The van der Waals surface area contributed by atoms with Crippen LogP contribution in [0.5, 0.6) is 5.75 Å². The fraction of sp³-hybridized carbons (Fsp3) is 0.536. The standard InChI is InChI=1S/C28H33NO7/c1-26-9-7-17(30)11-15(26)3-5-18-20-8-10-28(35,27(20,2)13-22(32)24(18)26)23(33)14-36-25(34)19-12-16(29)4-6-21(19)31/h4,6-7,9,11-12,18,20,22,24,31-32,35H,3,5,8,10,13-14,29H2,1-2H3/t18-,20-,22-,24+,26-,27-,28-/m0/s1. The van der Waals surface area contributed by atoms with Crippen molar-refractivity contribution in [1.82, 2.24) is 0 Å². The number of benzene rings is 1. The first-order chi connectivity index (χ1) is 16.9. The van der Waals surface area contributed by atoms with Crippen LogP contribution < -0.4 is 5.73 Å². The quantitative estimate of drug-likeness (QED) is 0.283. The first-order valence-corrected chi connectivity index (χ1v) is 12.5. The lowest BCUT2D eigenvalue weighted by molar-refractivity contribution is -0.178. The zero-order valence-electron chi connectivity index (χ0n) is 20.6. The van der Waals surface area contributed by atoms with E-state index in [-0.39, 0.29) is 53.4 Å². The van der Waals surface area contributed by atoms with Crippen molar-refractivity contribution in [3.8, 4) is 5.75 Å². The van der Waals surface area contributed by atoms with Gasteiger partial charge in [-0.1, -0.05) is 25.5 Å². The fourth-order valence-electron chi connectivity index (χ4n) is 7.83. The lowest BCUT2D eigenvalue weighted by Crippen LogP contribution is -2.61. The summed E-state index contributed by atoms with van der Waals surface area (Å²) in [6.07, 6.45) is 7.00. The molecule has 0 spiro atoms. The Morgan fingerprint density at radius 2 is 1.97 bits per heavy atom. The van der Waals surface area contributed by atoms with Gasteiger partial charge in [0.2, 0.25) is 5.78 Å². The largest absolute Gasteiger partial charge is 0.507 e. The minimum absolute atomic E-state index is 0.00193. The minimum Gasteiger partial charge on any atom is -0.507 e. The van der Waals surface area contributed by atoms with E-state index < -0.39 is 40.9 Å². The van der Waals surface area contributed by atoms with E-state index in [1.807, 2.05) is 13.0 Å². The third-order valence-corrected chi connectivity index (χ3v) is 9.68. The molecule has 0 amide bonds. The van der Waals surface area contributed by atoms with E-state index in [1.165, 1.54) is 18.2 Å². The van der Waals surface area contributed by atoms with Gasteiger partial charge in [-0.15, -0.1) is 0 Å². The van der Waals surface area contributed by atoms with Gasteiger partial charge in [-0.3, -0.25) is 9.59 Å². The number of aromatic hydroxyl groups is 1. The molecule has 4 aliphatic rings. The van der Waals surface area contributed by atoms with Crippen molar-refractivity contribution in [3.05, 3.63) is 47.6 Å². The number of allylic oxidation sites excluding steroid dienone is 4. The number of aliphatic hydroxyl groups is 2. The SMILES string of the molecule is C[C@]12C=CC(=O)C=C1CC[C@@H]1[C@@H]2[C@@H](O)C[C@@]2(C)[C@H]1CC[C@]2(O)C(=O)COC(=O)c1cc(N)ccc1O. The number of hydrogen-bond donors (Lipinski definition) is 4. The number of aliphatic hydroxyl groups excluding tert-OH is 1. The zero-order valence-corrected chi connectivity index (χ0v) is 20.6. The lowest BCUT2D eigenvalue weighted by Gasteiger charge is -2.59. The Morgan fingerprint density at radius 3 is 2.72 bits per heavy atom. The van der Waals surface area contributed by atoms with Crippen LogP contribution in [0.3, 0.4) is 0 Å². The van der Waals surface area contributed by atoms with Crippen molar-refractivity contribution in [2.45, 2.75) is 57.7 Å². The molecule has 0 saturated heterocycles. The third-order valence-electron chi connectivity index (χ3n) is 9.68. The molecule has 0 bridgehead atoms. The van der Waals surface area contributed by atoms with E-state index >= 15 is 0 Å². The molecule has 36 heavy (non-hydrogen) atoms. The van der Waals surface area contributed by atoms with Crippen LogP contribution in [-0.4, -0.2) is 51.2 Å². The Labute approximate surface area is 209 Å². The van der Waals surface area contributed by atoms with Crippen LogP contribution >= 0.6 is 0 Å². The second-order valence-electron chi connectivity index (χ2n) is 11.4. The predicted molar refractivity (Wildman–Crippen MR) is 131 cm³/mol. The molecule has 7 atom stereocenters. The minimum atomic E-state index is -1.75. The van der Waals surface area contributed by atoms with Gasteiger partial charge in [0, 0.05) is 22.4 Å². The summed E-state index contributed by atoms with van der Waals surface area (Å²) < 4.78 is 5.18. The number of esters is 1. The second-order valence-corrected chi connectivity index (χ2v) is 11.4. The van der Waals surface area contributed by atoms with Crippen LogP contribution in [0.15, 0.2) is 42.0 Å². The maximum absolute atomic E-state index is 13.4. The van der Waals surface area contributed by atoms with Crippen LogP contribution in [0.2, 0.25) is 0 Å². The smallest absolute Gasteiger partial charge is 0.342 e. The third kappa shape index (κ3) is 3.45. The van der Waals surface area contributed by atoms with Crippen LogP contribution in [0.4, 0.5) is 5.69 Å². The first-order valence-electron chi connectivity index (χ1n) is 12.5. The lowest BCUT2D eigenvalue weighted by atomic mass is 9.46. The highest BCUT2D eigenvalue weighted by atomic mass is 16.5. The summed E-state index contributed by atoms with van der Waals surface area (Å²) in [4.78, 5) is 37.8. The maximum Gasteiger partial charge on any atom is 0.342 e. The van der Waals surface area contributed by atoms with Crippen molar-refractivity contribution in [3.63, 3.8) is 0 Å². The van der Waals surface area contributed by atoms with E-state index in [0.29, 0.717) is 6.42 Å². The van der Waals surface area contributed by atoms with Gasteiger partial charge < -0.3 is 25.8 Å².